The van der Waals surface area contributed by atoms with E-state index in [1.165, 1.54) is 11.3 Å². The Bertz CT molecular complexity index is 897. The van der Waals surface area contributed by atoms with Crippen LogP contribution in [-0.4, -0.2) is 40.2 Å². The van der Waals surface area contributed by atoms with Gasteiger partial charge in [0.1, 0.15) is 5.69 Å². The molecule has 0 unspecified atom stereocenters. The third-order valence-corrected chi connectivity index (χ3v) is 5.15. The molecule has 2 aromatic rings. The van der Waals surface area contributed by atoms with Crippen molar-refractivity contribution < 1.29 is 18.7 Å². The second-order valence-electron chi connectivity index (χ2n) is 6.18. The average Bonchev–Trinajstić information content (AvgIpc) is 3.38. The molecule has 2 amide bonds. The van der Waals surface area contributed by atoms with E-state index in [2.05, 4.69) is 39.0 Å². The molecular formula is C18H21N5O4S. The highest BCUT2D eigenvalue weighted by atomic mass is 32.1. The molecule has 0 aromatic carbocycles. The van der Waals surface area contributed by atoms with Gasteiger partial charge in [0.05, 0.1) is 16.4 Å². The molecule has 3 heterocycles. The highest BCUT2D eigenvalue weighted by Gasteiger charge is 2.23. The summed E-state index contributed by atoms with van der Waals surface area (Å²) >= 11 is 1.38. The van der Waals surface area contributed by atoms with Crippen LogP contribution >= 0.6 is 11.3 Å². The van der Waals surface area contributed by atoms with E-state index in [9.17, 15) is 9.59 Å². The summed E-state index contributed by atoms with van der Waals surface area (Å²) in [4.78, 5) is 28.6. The number of thiazole rings is 1. The zero-order valence-electron chi connectivity index (χ0n) is 15.5. The fourth-order valence-electron chi connectivity index (χ4n) is 2.57. The third kappa shape index (κ3) is 4.70. The molecule has 1 aliphatic rings. The molecule has 2 N–H and O–H groups in total. The first-order valence-corrected chi connectivity index (χ1v) is 9.72. The number of rotatable bonds is 7. The van der Waals surface area contributed by atoms with E-state index in [1.807, 2.05) is 6.92 Å². The monoisotopic (exact) mass is 403 g/mol. The first kappa shape index (κ1) is 19.9. The molecule has 3 rings (SSSR count). The lowest BCUT2D eigenvalue weighted by atomic mass is 10.0. The van der Waals surface area contributed by atoms with Gasteiger partial charge < -0.3 is 19.8 Å². The number of aromatic nitrogens is 3. The van der Waals surface area contributed by atoms with Crippen molar-refractivity contribution in [3.8, 4) is 0 Å². The molecular weight excluding hydrogens is 382 g/mol. The number of nitrogens with zero attached hydrogens (tertiary/aromatic N) is 3. The van der Waals surface area contributed by atoms with Gasteiger partial charge in [0.25, 0.3) is 17.7 Å². The Morgan fingerprint density at radius 2 is 2.00 bits per heavy atom. The smallest absolute Gasteiger partial charge is 0.275 e. The number of hydrogen-bond acceptors (Lipinski definition) is 8. The van der Waals surface area contributed by atoms with E-state index in [4.69, 9.17) is 9.15 Å². The number of ether oxygens (including phenoxy) is 1. The number of amides is 2. The summed E-state index contributed by atoms with van der Waals surface area (Å²) in [5, 5.41) is 15.3. The predicted molar refractivity (Wildman–Crippen MR) is 102 cm³/mol. The minimum atomic E-state index is -0.630. The molecule has 10 heteroatoms. The van der Waals surface area contributed by atoms with Crippen molar-refractivity contribution in [1.82, 2.24) is 25.8 Å². The van der Waals surface area contributed by atoms with Crippen molar-refractivity contribution in [3.05, 3.63) is 46.7 Å². The Hall–Kier alpha value is -2.85. The van der Waals surface area contributed by atoms with Crippen molar-refractivity contribution in [2.24, 2.45) is 0 Å². The van der Waals surface area contributed by atoms with Crippen LogP contribution in [0, 0.1) is 0 Å². The molecule has 1 aliphatic heterocycles. The second kappa shape index (κ2) is 8.89. The summed E-state index contributed by atoms with van der Waals surface area (Å²) < 4.78 is 10.9. The molecule has 0 saturated carbocycles. The number of nitrogens with one attached hydrogen (secondary N) is 2. The van der Waals surface area contributed by atoms with Crippen LogP contribution in [0.25, 0.3) is 5.70 Å². The fourth-order valence-corrected chi connectivity index (χ4v) is 3.29. The minimum absolute atomic E-state index is 0.112. The molecule has 0 spiro atoms. The SMILES string of the molecule is C=C(NC(=O)c1csc(CC)n1)C(=O)NC(=C)c1nnc(C2CCOCC2)o1. The first-order valence-electron chi connectivity index (χ1n) is 8.84. The van der Waals surface area contributed by atoms with Gasteiger partial charge in [-0.05, 0) is 19.3 Å². The summed E-state index contributed by atoms with van der Waals surface area (Å²) in [6.07, 6.45) is 2.35. The van der Waals surface area contributed by atoms with Gasteiger partial charge >= 0.3 is 0 Å². The van der Waals surface area contributed by atoms with Gasteiger partial charge in [0, 0.05) is 24.5 Å². The highest BCUT2D eigenvalue weighted by molar-refractivity contribution is 7.09. The van der Waals surface area contributed by atoms with E-state index in [-0.39, 0.29) is 28.9 Å². The molecule has 0 radical (unpaired) electrons. The van der Waals surface area contributed by atoms with Gasteiger partial charge in [-0.3, -0.25) is 9.59 Å². The zero-order valence-corrected chi connectivity index (χ0v) is 16.3. The molecule has 0 aliphatic carbocycles. The van der Waals surface area contributed by atoms with Crippen molar-refractivity contribution in [3.63, 3.8) is 0 Å². The van der Waals surface area contributed by atoms with Crippen LogP contribution in [0.2, 0.25) is 0 Å². The summed E-state index contributed by atoms with van der Waals surface area (Å²) in [5.41, 5.74) is 0.238. The molecule has 1 fully saturated rings. The van der Waals surface area contributed by atoms with Crippen molar-refractivity contribution in [2.75, 3.05) is 13.2 Å². The lowest BCUT2D eigenvalue weighted by Crippen LogP contribution is -2.33. The van der Waals surface area contributed by atoms with E-state index >= 15 is 0 Å². The van der Waals surface area contributed by atoms with Gasteiger partial charge in [-0.25, -0.2) is 4.98 Å². The van der Waals surface area contributed by atoms with E-state index in [0.717, 1.165) is 24.3 Å². The normalized spacial score (nSPS) is 14.5. The van der Waals surface area contributed by atoms with Crippen LogP contribution in [0.1, 0.15) is 53.0 Å². The van der Waals surface area contributed by atoms with Crippen LogP contribution < -0.4 is 10.6 Å². The van der Waals surface area contributed by atoms with Crippen LogP contribution in [0.15, 0.2) is 28.7 Å². The van der Waals surface area contributed by atoms with Gasteiger partial charge in [-0.1, -0.05) is 20.1 Å². The van der Waals surface area contributed by atoms with E-state index in [0.29, 0.717) is 19.1 Å². The van der Waals surface area contributed by atoms with Crippen LogP contribution in [0.4, 0.5) is 0 Å². The minimum Gasteiger partial charge on any atom is -0.419 e. The lowest BCUT2D eigenvalue weighted by molar-refractivity contribution is -0.116. The van der Waals surface area contributed by atoms with E-state index < -0.39 is 11.8 Å². The molecule has 28 heavy (non-hydrogen) atoms. The van der Waals surface area contributed by atoms with Gasteiger partial charge in [0.15, 0.2) is 0 Å². The van der Waals surface area contributed by atoms with E-state index in [1.54, 1.807) is 5.38 Å². The predicted octanol–water partition coefficient (Wildman–Crippen LogP) is 2.01. The number of aryl methyl sites for hydroxylation is 1. The Kier molecular flexibility index (Phi) is 6.32. The van der Waals surface area contributed by atoms with Gasteiger partial charge in [0.2, 0.25) is 5.89 Å². The van der Waals surface area contributed by atoms with Crippen molar-refractivity contribution in [2.45, 2.75) is 32.1 Å². The van der Waals surface area contributed by atoms with Crippen LogP contribution in [0.5, 0.6) is 0 Å². The average molecular weight is 403 g/mol. The summed E-state index contributed by atoms with van der Waals surface area (Å²) in [6.45, 7) is 10.6. The lowest BCUT2D eigenvalue weighted by Gasteiger charge is -2.18. The zero-order chi connectivity index (χ0) is 20.1. The maximum atomic E-state index is 12.3. The fraction of sp³-hybridized carbons (Fsp3) is 0.389. The summed E-state index contributed by atoms with van der Waals surface area (Å²) in [7, 11) is 0. The van der Waals surface area contributed by atoms with Gasteiger partial charge in [-0.2, -0.15) is 0 Å². The molecule has 2 aromatic heterocycles. The maximum Gasteiger partial charge on any atom is 0.275 e. The topological polar surface area (TPSA) is 119 Å². The highest BCUT2D eigenvalue weighted by Crippen LogP contribution is 2.26. The maximum absolute atomic E-state index is 12.3. The standard InChI is InChI=1S/C18H21N5O4S/c1-4-14-21-13(9-28-14)16(25)19-10(2)15(24)20-11(3)17-22-23-18(27-17)12-5-7-26-8-6-12/h9,12H,2-8H2,1H3,(H,19,25)(H,20,24). The Morgan fingerprint density at radius 1 is 1.25 bits per heavy atom. The van der Waals surface area contributed by atoms with Crippen molar-refractivity contribution in [1.29, 1.82) is 0 Å². The molecule has 148 valence electrons. The second-order valence-corrected chi connectivity index (χ2v) is 7.12. The molecule has 0 atom stereocenters. The van der Waals surface area contributed by atoms with Crippen LogP contribution in [0.3, 0.4) is 0 Å². The largest absolute Gasteiger partial charge is 0.419 e. The quantitative estimate of drug-likeness (QED) is 0.679. The summed E-state index contributed by atoms with van der Waals surface area (Å²) in [6, 6.07) is 0. The Balaban J connectivity index is 1.54. The number of carbonyl (C=O) groups is 2. The first-order chi connectivity index (χ1) is 13.5. The summed E-state index contributed by atoms with van der Waals surface area (Å²) in [5.74, 6) is -0.382. The molecule has 0 bridgehead atoms. The number of hydrogen-bond donors (Lipinski definition) is 2. The van der Waals surface area contributed by atoms with Gasteiger partial charge in [-0.15, -0.1) is 21.5 Å². The molecule has 1 saturated heterocycles. The third-order valence-electron chi connectivity index (χ3n) is 4.16. The Labute approximate surface area is 165 Å². The number of carbonyl (C=O) groups excluding carboxylic acids is 2. The van der Waals surface area contributed by atoms with Crippen molar-refractivity contribution >= 4 is 28.8 Å². The van der Waals surface area contributed by atoms with Crippen LogP contribution in [-0.2, 0) is 16.0 Å². The Morgan fingerprint density at radius 3 is 2.68 bits per heavy atom. The molecule has 9 nitrogen and oxygen atoms in total.